The predicted molar refractivity (Wildman–Crippen MR) is 100 cm³/mol. The summed E-state index contributed by atoms with van der Waals surface area (Å²) in [5, 5.41) is 23.2. The normalized spacial score (nSPS) is 15.1. The second kappa shape index (κ2) is 7.73. The molecule has 0 radical (unpaired) electrons. The van der Waals surface area contributed by atoms with Gasteiger partial charge in [0.1, 0.15) is 0 Å². The highest BCUT2D eigenvalue weighted by Crippen LogP contribution is 2.24. The number of pyridine rings is 1. The number of nitrogens with zero attached hydrogens (tertiary/aromatic N) is 3. The molecule has 1 saturated heterocycles. The number of carbonyl (C=O) groups is 1. The number of morpholine rings is 1. The number of fused-ring (bicyclic) bond motifs is 1. The van der Waals surface area contributed by atoms with Gasteiger partial charge in [-0.15, -0.1) is 0 Å². The van der Waals surface area contributed by atoms with E-state index in [4.69, 9.17) is 4.74 Å². The van der Waals surface area contributed by atoms with Crippen molar-refractivity contribution in [3.05, 3.63) is 53.4 Å². The minimum atomic E-state index is -0.204. The lowest BCUT2D eigenvalue weighted by molar-refractivity contribution is -0.593. The zero-order valence-electron chi connectivity index (χ0n) is 14.9. The fourth-order valence-corrected chi connectivity index (χ4v) is 3.21. The van der Waals surface area contributed by atoms with E-state index in [2.05, 4.69) is 20.4 Å². The lowest BCUT2D eigenvalue weighted by Gasteiger charge is -2.26. The Morgan fingerprint density at radius 3 is 2.96 bits per heavy atom. The summed E-state index contributed by atoms with van der Waals surface area (Å²) in [5.41, 5.74) is 2.15. The van der Waals surface area contributed by atoms with Crippen LogP contribution in [0, 0.1) is 5.21 Å². The van der Waals surface area contributed by atoms with E-state index in [1.54, 1.807) is 6.07 Å². The van der Waals surface area contributed by atoms with Crippen LogP contribution in [-0.2, 0) is 4.74 Å². The van der Waals surface area contributed by atoms with Gasteiger partial charge in [0.25, 0.3) is 5.91 Å². The van der Waals surface area contributed by atoms with Crippen molar-refractivity contribution in [1.29, 1.82) is 0 Å². The zero-order valence-corrected chi connectivity index (χ0v) is 14.9. The summed E-state index contributed by atoms with van der Waals surface area (Å²) in [5.74, 6) is -0.204. The van der Waals surface area contributed by atoms with Gasteiger partial charge in [0.15, 0.2) is 11.9 Å². The number of carbonyl (C=O) groups excluding carboxylic acids is 1. The number of amides is 1. The topological polar surface area (TPSA) is 97.2 Å². The molecule has 3 heterocycles. The van der Waals surface area contributed by atoms with Crippen molar-refractivity contribution in [3.63, 3.8) is 0 Å². The first-order valence-electron chi connectivity index (χ1n) is 8.97. The Hall–Kier alpha value is -2.97. The molecule has 0 atom stereocenters. The van der Waals surface area contributed by atoms with Gasteiger partial charge in [-0.05, 0) is 6.07 Å². The first-order valence-corrected chi connectivity index (χ1v) is 8.97. The number of para-hydroxylation sites is 1. The molecule has 1 aromatic carbocycles. The smallest absolute Gasteiger partial charge is 0.251 e. The Morgan fingerprint density at radius 1 is 1.30 bits per heavy atom. The summed E-state index contributed by atoms with van der Waals surface area (Å²) in [6, 6.07) is 10.7. The van der Waals surface area contributed by atoms with Gasteiger partial charge < -0.3 is 15.3 Å². The molecule has 2 N–H and O–H groups in total. The van der Waals surface area contributed by atoms with Gasteiger partial charge in [0, 0.05) is 43.7 Å². The predicted octanol–water partition coefficient (Wildman–Crippen LogP) is 0.925. The average molecular weight is 367 g/mol. The van der Waals surface area contributed by atoms with Crippen LogP contribution in [0.25, 0.3) is 22.3 Å². The van der Waals surface area contributed by atoms with E-state index >= 15 is 0 Å². The number of hydrogen-bond acceptors (Lipinski definition) is 5. The zero-order chi connectivity index (χ0) is 18.6. The van der Waals surface area contributed by atoms with Crippen LogP contribution in [0.1, 0.15) is 10.4 Å². The first kappa shape index (κ1) is 17.4. The molecular weight excluding hydrogens is 346 g/mol. The number of aromatic nitrogens is 3. The molecule has 2 aromatic heterocycles. The van der Waals surface area contributed by atoms with Gasteiger partial charge in [-0.25, -0.2) is 0 Å². The van der Waals surface area contributed by atoms with E-state index in [-0.39, 0.29) is 5.91 Å². The Balaban J connectivity index is 1.49. The molecule has 1 aliphatic heterocycles. The van der Waals surface area contributed by atoms with E-state index in [0.29, 0.717) is 23.5 Å². The van der Waals surface area contributed by atoms with E-state index in [0.717, 1.165) is 48.5 Å². The van der Waals surface area contributed by atoms with Gasteiger partial charge in [-0.3, -0.25) is 14.8 Å². The number of aromatic amines is 1. The van der Waals surface area contributed by atoms with E-state index in [1.165, 1.54) is 12.3 Å². The molecule has 0 aliphatic carbocycles. The van der Waals surface area contributed by atoms with Crippen LogP contribution in [-0.4, -0.2) is 60.4 Å². The fourth-order valence-electron chi connectivity index (χ4n) is 3.21. The third kappa shape index (κ3) is 3.76. The lowest BCUT2D eigenvalue weighted by Crippen LogP contribution is -2.41. The van der Waals surface area contributed by atoms with Crippen molar-refractivity contribution >= 4 is 16.8 Å². The molecule has 1 fully saturated rings. The summed E-state index contributed by atoms with van der Waals surface area (Å²) in [4.78, 5) is 14.7. The molecule has 0 saturated carbocycles. The first-order chi connectivity index (χ1) is 13.2. The molecule has 3 aromatic rings. The molecule has 1 aliphatic rings. The third-order valence-corrected chi connectivity index (χ3v) is 4.71. The number of ether oxygens (including phenoxy) is 1. The summed E-state index contributed by atoms with van der Waals surface area (Å²) in [6.07, 6.45) is 1.34. The van der Waals surface area contributed by atoms with Crippen LogP contribution < -0.4 is 10.0 Å². The van der Waals surface area contributed by atoms with Gasteiger partial charge in [-0.1, -0.05) is 18.2 Å². The van der Waals surface area contributed by atoms with Gasteiger partial charge >= 0.3 is 0 Å². The van der Waals surface area contributed by atoms with Crippen LogP contribution in [0.5, 0.6) is 0 Å². The van der Waals surface area contributed by atoms with Gasteiger partial charge in [0.05, 0.1) is 24.3 Å². The minimum absolute atomic E-state index is 0.204. The minimum Gasteiger partial charge on any atom is -0.618 e. The maximum atomic E-state index is 12.5. The second-order valence-electron chi connectivity index (χ2n) is 6.45. The van der Waals surface area contributed by atoms with Crippen molar-refractivity contribution in [2.24, 2.45) is 0 Å². The Bertz CT molecular complexity index is 949. The third-order valence-electron chi connectivity index (χ3n) is 4.71. The van der Waals surface area contributed by atoms with Crippen molar-refractivity contribution in [1.82, 2.24) is 20.4 Å². The molecule has 0 unspecified atom stereocenters. The Labute approximate surface area is 156 Å². The number of rotatable bonds is 5. The monoisotopic (exact) mass is 367 g/mol. The largest absolute Gasteiger partial charge is 0.618 e. The lowest BCUT2D eigenvalue weighted by atomic mass is 10.1. The highest BCUT2D eigenvalue weighted by atomic mass is 16.5. The van der Waals surface area contributed by atoms with Gasteiger partial charge in [-0.2, -0.15) is 9.83 Å². The number of benzene rings is 1. The van der Waals surface area contributed by atoms with Crippen LogP contribution in [0.2, 0.25) is 0 Å². The van der Waals surface area contributed by atoms with Crippen molar-refractivity contribution in [2.45, 2.75) is 0 Å². The molecular formula is C19H21N5O3. The van der Waals surface area contributed by atoms with Crippen LogP contribution >= 0.6 is 0 Å². The molecule has 4 rings (SSSR count). The van der Waals surface area contributed by atoms with E-state index < -0.39 is 0 Å². The standard InChI is InChI=1S/C19H21N5O3/c25-19(20-6-8-23-9-11-27-12-10-23)14-5-7-24(26)17(13-14)18-15-3-1-2-4-16(15)21-22-18/h1-5,7,13H,6,8-12H2,(H,20,25)(H,21,22). The molecule has 8 heteroatoms. The molecule has 1 amide bonds. The Kier molecular flexibility index (Phi) is 4.99. The van der Waals surface area contributed by atoms with E-state index in [9.17, 15) is 10.0 Å². The number of hydrogen-bond donors (Lipinski definition) is 2. The quantitative estimate of drug-likeness (QED) is 0.516. The van der Waals surface area contributed by atoms with Crippen molar-refractivity contribution in [2.75, 3.05) is 39.4 Å². The molecule has 8 nitrogen and oxygen atoms in total. The van der Waals surface area contributed by atoms with Crippen LogP contribution in [0.15, 0.2) is 42.6 Å². The average Bonchev–Trinajstić information content (AvgIpc) is 3.13. The van der Waals surface area contributed by atoms with Crippen LogP contribution in [0.4, 0.5) is 0 Å². The molecule has 27 heavy (non-hydrogen) atoms. The van der Waals surface area contributed by atoms with Gasteiger partial charge in [0.2, 0.25) is 5.69 Å². The SMILES string of the molecule is O=C(NCCN1CCOCC1)c1cc[n+]([O-])c(-c2n[nH]c3ccccc23)c1. The Morgan fingerprint density at radius 2 is 2.11 bits per heavy atom. The number of nitrogens with one attached hydrogen (secondary N) is 2. The fraction of sp³-hybridized carbons (Fsp3) is 0.316. The van der Waals surface area contributed by atoms with Crippen molar-refractivity contribution in [3.8, 4) is 11.4 Å². The molecule has 0 bridgehead atoms. The maximum absolute atomic E-state index is 12.5. The second-order valence-corrected chi connectivity index (χ2v) is 6.45. The summed E-state index contributed by atoms with van der Waals surface area (Å²) >= 11 is 0. The highest BCUT2D eigenvalue weighted by Gasteiger charge is 2.19. The highest BCUT2D eigenvalue weighted by molar-refractivity contribution is 5.96. The summed E-state index contributed by atoms with van der Waals surface area (Å²) in [6.45, 7) is 4.56. The summed E-state index contributed by atoms with van der Waals surface area (Å²) in [7, 11) is 0. The van der Waals surface area contributed by atoms with E-state index in [1.807, 2.05) is 24.3 Å². The summed E-state index contributed by atoms with van der Waals surface area (Å²) < 4.78 is 6.05. The number of H-pyrrole nitrogens is 1. The molecule has 0 spiro atoms. The molecule has 140 valence electrons. The van der Waals surface area contributed by atoms with Crippen LogP contribution in [0.3, 0.4) is 0 Å². The van der Waals surface area contributed by atoms with Crippen molar-refractivity contribution < 1.29 is 14.3 Å². The maximum Gasteiger partial charge on any atom is 0.251 e.